The molecule has 2 rings (SSSR count). The Hall–Kier alpha value is -2.07. The van der Waals surface area contributed by atoms with Crippen molar-refractivity contribution in [2.45, 2.75) is 6.18 Å². The van der Waals surface area contributed by atoms with E-state index in [1.165, 1.54) is 12.1 Å². The fourth-order valence-electron chi connectivity index (χ4n) is 1.38. The predicted molar refractivity (Wildman–Crippen MR) is 60.1 cm³/mol. The van der Waals surface area contributed by atoms with Crippen molar-refractivity contribution in [2.24, 2.45) is 0 Å². The van der Waals surface area contributed by atoms with E-state index in [0.717, 1.165) is 17.4 Å². The maximum Gasteiger partial charge on any atom is 0.416 e. The highest BCUT2D eigenvalue weighted by molar-refractivity contribution is 7.15. The van der Waals surface area contributed by atoms with E-state index in [2.05, 4.69) is 4.98 Å². The van der Waals surface area contributed by atoms with E-state index >= 15 is 0 Å². The molecule has 0 aliphatic heterocycles. The van der Waals surface area contributed by atoms with Gasteiger partial charge in [0.05, 0.1) is 16.1 Å². The Bertz CT molecular complexity index is 679. The van der Waals surface area contributed by atoms with Crippen molar-refractivity contribution >= 4 is 11.3 Å². The van der Waals surface area contributed by atoms with Gasteiger partial charge in [-0.15, -0.1) is 11.3 Å². The normalized spacial score (nSPS) is 11.2. The van der Waals surface area contributed by atoms with Crippen molar-refractivity contribution in [2.75, 3.05) is 0 Å². The number of aromatic nitrogens is 1. The maximum absolute atomic E-state index is 12.5. The first-order chi connectivity index (χ1) is 8.40. The minimum absolute atomic E-state index is 0.0568. The second-order valence-corrected chi connectivity index (χ2v) is 4.50. The average Bonchev–Trinajstić information content (AvgIpc) is 2.75. The minimum atomic E-state index is -4.57. The van der Waals surface area contributed by atoms with Gasteiger partial charge in [0.2, 0.25) is 5.56 Å². The zero-order valence-electron chi connectivity index (χ0n) is 8.71. The highest BCUT2D eigenvalue weighted by Crippen LogP contribution is 2.32. The summed E-state index contributed by atoms with van der Waals surface area (Å²) in [5.41, 5.74) is -1.78. The Morgan fingerprint density at radius 1 is 1.28 bits per heavy atom. The summed E-state index contributed by atoms with van der Waals surface area (Å²) in [5, 5.41) is 8.64. The molecule has 3 nitrogen and oxygen atoms in total. The van der Waals surface area contributed by atoms with Crippen molar-refractivity contribution < 1.29 is 13.2 Å². The van der Waals surface area contributed by atoms with Gasteiger partial charge in [-0.3, -0.25) is 4.79 Å². The lowest BCUT2D eigenvalue weighted by Gasteiger charge is -2.07. The topological polar surface area (TPSA) is 56.6 Å². The molecule has 0 spiro atoms. The van der Waals surface area contributed by atoms with E-state index < -0.39 is 17.3 Å². The minimum Gasteiger partial charge on any atom is -0.321 e. The summed E-state index contributed by atoms with van der Waals surface area (Å²) in [4.78, 5) is 14.3. The zero-order valence-corrected chi connectivity index (χ0v) is 9.52. The van der Waals surface area contributed by atoms with Gasteiger partial charge < -0.3 is 4.98 Å². The van der Waals surface area contributed by atoms with Crippen LogP contribution in [-0.4, -0.2) is 4.98 Å². The van der Waals surface area contributed by atoms with Gasteiger partial charge >= 0.3 is 6.18 Å². The van der Waals surface area contributed by atoms with Gasteiger partial charge in [0.25, 0.3) is 0 Å². The maximum atomic E-state index is 12.5. The zero-order chi connectivity index (χ0) is 13.3. The molecule has 0 amide bonds. The number of H-pyrrole nitrogens is 1. The monoisotopic (exact) mass is 270 g/mol. The summed E-state index contributed by atoms with van der Waals surface area (Å²) in [6.07, 6.45) is -4.57. The molecule has 0 aliphatic carbocycles. The second-order valence-electron chi connectivity index (χ2n) is 3.42. The molecule has 2 heterocycles. The van der Waals surface area contributed by atoms with Gasteiger partial charge in [-0.05, 0) is 18.2 Å². The van der Waals surface area contributed by atoms with Gasteiger partial charge in [-0.2, -0.15) is 18.4 Å². The largest absolute Gasteiger partial charge is 0.416 e. The number of alkyl halides is 3. The lowest BCUT2D eigenvalue weighted by atomic mass is 10.2. The summed E-state index contributed by atoms with van der Waals surface area (Å²) in [7, 11) is 0. The van der Waals surface area contributed by atoms with Crippen LogP contribution in [0.3, 0.4) is 0 Å². The number of rotatable bonds is 1. The third kappa shape index (κ3) is 2.43. The van der Waals surface area contributed by atoms with E-state index in [1.807, 2.05) is 6.07 Å². The third-order valence-electron chi connectivity index (χ3n) is 2.15. The lowest BCUT2D eigenvalue weighted by molar-refractivity contribution is -0.137. The number of pyridine rings is 1. The van der Waals surface area contributed by atoms with Gasteiger partial charge in [-0.25, -0.2) is 0 Å². The van der Waals surface area contributed by atoms with Crippen LogP contribution in [0.15, 0.2) is 29.1 Å². The van der Waals surface area contributed by atoms with Crippen molar-refractivity contribution in [3.8, 4) is 16.6 Å². The molecule has 0 saturated heterocycles. The highest BCUT2D eigenvalue weighted by Gasteiger charge is 2.31. The van der Waals surface area contributed by atoms with Crippen LogP contribution in [0.25, 0.3) is 10.6 Å². The molecule has 7 heteroatoms. The van der Waals surface area contributed by atoms with E-state index in [4.69, 9.17) is 5.26 Å². The quantitative estimate of drug-likeness (QED) is 0.866. The van der Waals surface area contributed by atoms with Crippen LogP contribution in [0.1, 0.15) is 10.4 Å². The molecule has 2 aromatic heterocycles. The van der Waals surface area contributed by atoms with Gasteiger partial charge in [0.1, 0.15) is 10.9 Å². The van der Waals surface area contributed by atoms with E-state index in [-0.39, 0.29) is 5.69 Å². The number of nitriles is 1. The van der Waals surface area contributed by atoms with Crippen LogP contribution < -0.4 is 5.56 Å². The van der Waals surface area contributed by atoms with Crippen LogP contribution in [0.5, 0.6) is 0 Å². The molecular formula is C11H5F3N2OS. The summed E-state index contributed by atoms with van der Waals surface area (Å²) in [6, 6.07) is 6.22. The standard InChI is InChI=1S/C11H5F3N2OS/c12-11(13,14)6-3-8(16-10(17)4-6)9-2-1-7(5-15)18-9/h1-4H,(H,16,17). The van der Waals surface area contributed by atoms with Gasteiger partial charge in [0.15, 0.2) is 0 Å². The molecule has 1 N–H and O–H groups in total. The van der Waals surface area contributed by atoms with Crippen LogP contribution in [0.4, 0.5) is 13.2 Å². The average molecular weight is 270 g/mol. The molecule has 0 bridgehead atoms. The SMILES string of the molecule is N#Cc1ccc(-c2cc(C(F)(F)F)cc(=O)[nH]2)s1. The summed E-state index contributed by atoms with van der Waals surface area (Å²) in [6.45, 7) is 0. The Labute approximate surface area is 103 Å². The molecule has 0 unspecified atom stereocenters. The van der Waals surface area contributed by atoms with Crippen molar-refractivity contribution in [1.29, 1.82) is 5.26 Å². The number of hydrogen-bond acceptors (Lipinski definition) is 3. The molecule has 0 aromatic carbocycles. The predicted octanol–water partition coefficient (Wildman–Crippen LogP) is 2.99. The van der Waals surface area contributed by atoms with E-state index in [0.29, 0.717) is 15.8 Å². The molecule has 0 saturated carbocycles. The molecular weight excluding hydrogens is 265 g/mol. The molecule has 0 fully saturated rings. The molecule has 0 atom stereocenters. The van der Waals surface area contributed by atoms with Crippen molar-refractivity contribution in [3.05, 3.63) is 45.1 Å². The summed E-state index contributed by atoms with van der Waals surface area (Å²) >= 11 is 1.02. The number of nitrogens with one attached hydrogen (secondary N) is 1. The molecule has 0 aliphatic rings. The molecule has 2 aromatic rings. The molecule has 0 radical (unpaired) electrons. The number of aromatic amines is 1. The smallest absolute Gasteiger partial charge is 0.321 e. The Kier molecular flexibility index (Phi) is 2.97. The number of hydrogen-bond donors (Lipinski definition) is 1. The van der Waals surface area contributed by atoms with Crippen LogP contribution >= 0.6 is 11.3 Å². The highest BCUT2D eigenvalue weighted by atomic mass is 32.1. The Morgan fingerprint density at radius 2 is 2.00 bits per heavy atom. The molecule has 18 heavy (non-hydrogen) atoms. The first-order valence-electron chi connectivity index (χ1n) is 4.72. The molecule has 92 valence electrons. The van der Waals surface area contributed by atoms with Crippen LogP contribution in [0.2, 0.25) is 0 Å². The number of halogens is 3. The number of thiophene rings is 1. The third-order valence-corrected chi connectivity index (χ3v) is 3.18. The van der Waals surface area contributed by atoms with Gasteiger partial charge in [-0.1, -0.05) is 0 Å². The van der Waals surface area contributed by atoms with E-state index in [9.17, 15) is 18.0 Å². The number of nitrogens with zero attached hydrogens (tertiary/aromatic N) is 1. The van der Waals surface area contributed by atoms with Crippen molar-refractivity contribution in [1.82, 2.24) is 4.98 Å². The first kappa shape index (κ1) is 12.4. The second kappa shape index (κ2) is 4.31. The Balaban J connectivity index is 2.56. The van der Waals surface area contributed by atoms with Crippen LogP contribution in [0, 0.1) is 11.3 Å². The van der Waals surface area contributed by atoms with Gasteiger partial charge in [0, 0.05) is 6.07 Å². The summed E-state index contributed by atoms with van der Waals surface area (Å²) < 4.78 is 37.6. The van der Waals surface area contributed by atoms with E-state index in [1.54, 1.807) is 0 Å². The summed E-state index contributed by atoms with van der Waals surface area (Å²) in [5.74, 6) is 0. The Morgan fingerprint density at radius 3 is 2.56 bits per heavy atom. The fraction of sp³-hybridized carbons (Fsp3) is 0.0909. The lowest BCUT2D eigenvalue weighted by Crippen LogP contribution is -2.13. The first-order valence-corrected chi connectivity index (χ1v) is 5.53. The van der Waals surface area contributed by atoms with Crippen molar-refractivity contribution in [3.63, 3.8) is 0 Å². The van der Waals surface area contributed by atoms with Crippen LogP contribution in [-0.2, 0) is 6.18 Å². The fourth-order valence-corrected chi connectivity index (χ4v) is 2.16.